The number of carbonyl (C=O) groups excluding carboxylic acids is 1. The molecule has 10 heteroatoms. The van der Waals surface area contributed by atoms with Crippen molar-refractivity contribution in [1.82, 2.24) is 14.7 Å². The van der Waals surface area contributed by atoms with Crippen LogP contribution in [0.2, 0.25) is 10.0 Å². The molecule has 174 valence electrons. The summed E-state index contributed by atoms with van der Waals surface area (Å²) in [5.41, 5.74) is 0.529. The minimum absolute atomic E-state index is 0.0372. The van der Waals surface area contributed by atoms with Crippen LogP contribution in [0.1, 0.15) is 5.69 Å². The third-order valence-corrected chi connectivity index (χ3v) is 6.31. The van der Waals surface area contributed by atoms with Crippen LogP contribution in [0.15, 0.2) is 54.6 Å². The van der Waals surface area contributed by atoms with Gasteiger partial charge in [-0.1, -0.05) is 53.5 Å². The highest BCUT2D eigenvalue weighted by Crippen LogP contribution is 2.39. The van der Waals surface area contributed by atoms with E-state index in [2.05, 4.69) is 10.00 Å². The van der Waals surface area contributed by atoms with Crippen LogP contribution < -0.4 is 4.90 Å². The Hall–Kier alpha value is -2.55. The molecule has 0 spiro atoms. The lowest BCUT2D eigenvalue weighted by Gasteiger charge is -2.38. The van der Waals surface area contributed by atoms with Gasteiger partial charge in [-0.3, -0.25) is 9.58 Å². The first-order valence-corrected chi connectivity index (χ1v) is 11.1. The molecule has 0 bridgehead atoms. The van der Waals surface area contributed by atoms with Gasteiger partial charge in [-0.15, -0.1) is 0 Å². The normalized spacial score (nSPS) is 16.1. The molecule has 4 rings (SSSR count). The van der Waals surface area contributed by atoms with Crippen LogP contribution in [0, 0.1) is 0 Å². The fourth-order valence-corrected chi connectivity index (χ4v) is 4.49. The van der Waals surface area contributed by atoms with Crippen LogP contribution >= 0.6 is 23.2 Å². The predicted molar refractivity (Wildman–Crippen MR) is 123 cm³/mol. The number of piperazine rings is 1. The number of halogens is 5. The molecule has 1 saturated heterocycles. The van der Waals surface area contributed by atoms with E-state index in [0.717, 1.165) is 12.0 Å². The van der Waals surface area contributed by atoms with Crippen LogP contribution in [-0.4, -0.2) is 53.2 Å². The topological polar surface area (TPSA) is 41.4 Å². The van der Waals surface area contributed by atoms with E-state index in [0.29, 0.717) is 36.8 Å². The van der Waals surface area contributed by atoms with E-state index >= 15 is 0 Å². The zero-order valence-corrected chi connectivity index (χ0v) is 19.0. The molecule has 1 aromatic heterocycles. The Morgan fingerprint density at radius 2 is 1.61 bits per heavy atom. The summed E-state index contributed by atoms with van der Waals surface area (Å²) in [6, 6.07) is 15.4. The predicted octanol–water partition coefficient (Wildman–Crippen LogP) is 5.27. The van der Waals surface area contributed by atoms with Gasteiger partial charge >= 0.3 is 6.18 Å². The van der Waals surface area contributed by atoms with Crippen molar-refractivity contribution in [1.29, 1.82) is 0 Å². The fraction of sp³-hybridized carbons (Fsp3) is 0.304. The molecular formula is C23H21Cl2F3N4O. The molecule has 1 aliphatic heterocycles. The highest BCUT2D eigenvalue weighted by molar-refractivity contribution is 6.33. The second kappa shape index (κ2) is 9.75. The van der Waals surface area contributed by atoms with E-state index in [1.165, 1.54) is 4.68 Å². The van der Waals surface area contributed by atoms with Crippen LogP contribution in [0.5, 0.6) is 0 Å². The van der Waals surface area contributed by atoms with Crippen LogP contribution in [-0.2, 0) is 17.5 Å². The number of rotatable bonds is 6. The number of anilines is 1. The van der Waals surface area contributed by atoms with Gasteiger partial charge in [-0.05, 0) is 24.3 Å². The van der Waals surface area contributed by atoms with Gasteiger partial charge in [0.15, 0.2) is 5.69 Å². The first kappa shape index (κ1) is 23.6. The summed E-state index contributed by atoms with van der Waals surface area (Å²) in [5.74, 6) is 0. The molecule has 0 amide bonds. The lowest BCUT2D eigenvalue weighted by molar-refractivity contribution is -0.141. The Morgan fingerprint density at radius 1 is 0.970 bits per heavy atom. The first-order chi connectivity index (χ1) is 15.8. The summed E-state index contributed by atoms with van der Waals surface area (Å²) in [4.78, 5) is 16.1. The SMILES string of the molecule is O=CC(Cn1nc(C(F)(F)F)c(Cl)c1-c1ccccc1)N1CCN(c2ccc(Cl)cc2)CC1. The number of nitrogens with zero attached hydrogens (tertiary/aromatic N) is 4. The third kappa shape index (κ3) is 5.18. The van der Waals surface area contributed by atoms with Crippen molar-refractivity contribution in [3.8, 4) is 11.3 Å². The zero-order chi connectivity index (χ0) is 23.6. The maximum absolute atomic E-state index is 13.5. The van der Waals surface area contributed by atoms with E-state index in [9.17, 15) is 18.0 Å². The first-order valence-electron chi connectivity index (χ1n) is 10.4. The molecular weight excluding hydrogens is 476 g/mol. The molecule has 0 radical (unpaired) electrons. The Bertz CT molecular complexity index is 1100. The molecule has 0 saturated carbocycles. The number of aromatic nitrogens is 2. The molecule has 0 aliphatic carbocycles. The molecule has 1 fully saturated rings. The van der Waals surface area contributed by atoms with Gasteiger partial charge in [0.05, 0.1) is 23.3 Å². The van der Waals surface area contributed by atoms with Crippen molar-refractivity contribution in [2.45, 2.75) is 18.8 Å². The van der Waals surface area contributed by atoms with Crippen molar-refractivity contribution in [2.24, 2.45) is 0 Å². The molecule has 5 nitrogen and oxygen atoms in total. The quantitative estimate of drug-likeness (QED) is 0.436. The number of carbonyl (C=O) groups is 1. The van der Waals surface area contributed by atoms with Gasteiger partial charge in [-0.25, -0.2) is 0 Å². The van der Waals surface area contributed by atoms with Crippen LogP contribution in [0.25, 0.3) is 11.3 Å². The van der Waals surface area contributed by atoms with Crippen molar-refractivity contribution in [3.63, 3.8) is 0 Å². The maximum Gasteiger partial charge on any atom is 0.436 e. The standard InChI is InChI=1S/C23H21Cl2F3N4O/c24-17-6-8-18(9-7-17)30-10-12-31(13-11-30)19(15-33)14-32-21(16-4-2-1-3-5-16)20(25)22(29-32)23(26,27)28/h1-9,15,19H,10-14H2. The summed E-state index contributed by atoms with van der Waals surface area (Å²) in [6.07, 6.45) is -3.94. The Kier molecular flexibility index (Phi) is 6.97. The lowest BCUT2D eigenvalue weighted by Crippen LogP contribution is -2.52. The monoisotopic (exact) mass is 496 g/mol. The van der Waals surface area contributed by atoms with Gasteiger partial charge in [0.25, 0.3) is 0 Å². The third-order valence-electron chi connectivity index (χ3n) is 5.70. The molecule has 2 heterocycles. The second-order valence-corrected chi connectivity index (χ2v) is 8.57. The fourth-order valence-electron chi connectivity index (χ4n) is 4.01. The van der Waals surface area contributed by atoms with Gasteiger partial charge in [0.1, 0.15) is 6.29 Å². The summed E-state index contributed by atoms with van der Waals surface area (Å²) in [5, 5.41) is 3.95. The Morgan fingerprint density at radius 3 is 2.18 bits per heavy atom. The van der Waals surface area contributed by atoms with E-state index in [-0.39, 0.29) is 12.2 Å². The van der Waals surface area contributed by atoms with Crippen LogP contribution in [0.3, 0.4) is 0 Å². The van der Waals surface area contributed by atoms with Crippen LogP contribution in [0.4, 0.5) is 18.9 Å². The summed E-state index contributed by atoms with van der Waals surface area (Å²) in [6.45, 7) is 2.46. The van der Waals surface area contributed by atoms with E-state index in [1.54, 1.807) is 30.3 Å². The Labute approximate surface area is 199 Å². The minimum Gasteiger partial charge on any atom is -0.369 e. The largest absolute Gasteiger partial charge is 0.436 e. The second-order valence-electron chi connectivity index (χ2n) is 7.76. The average molecular weight is 497 g/mol. The van der Waals surface area contributed by atoms with E-state index in [4.69, 9.17) is 23.2 Å². The van der Waals surface area contributed by atoms with Crippen molar-refractivity contribution in [2.75, 3.05) is 31.1 Å². The molecule has 3 aromatic rings. The maximum atomic E-state index is 13.5. The average Bonchev–Trinajstić information content (AvgIpc) is 3.15. The number of aldehydes is 1. The van der Waals surface area contributed by atoms with Gasteiger partial charge in [-0.2, -0.15) is 18.3 Å². The van der Waals surface area contributed by atoms with Crippen molar-refractivity contribution in [3.05, 3.63) is 70.3 Å². The number of hydrogen-bond acceptors (Lipinski definition) is 4. The molecule has 1 aliphatic rings. The van der Waals surface area contributed by atoms with Crippen molar-refractivity contribution < 1.29 is 18.0 Å². The van der Waals surface area contributed by atoms with Gasteiger partial charge in [0.2, 0.25) is 0 Å². The highest BCUT2D eigenvalue weighted by atomic mass is 35.5. The lowest BCUT2D eigenvalue weighted by atomic mass is 10.1. The molecule has 1 unspecified atom stereocenters. The smallest absolute Gasteiger partial charge is 0.369 e. The van der Waals surface area contributed by atoms with Gasteiger partial charge in [0, 0.05) is 42.5 Å². The molecule has 33 heavy (non-hydrogen) atoms. The summed E-state index contributed by atoms with van der Waals surface area (Å²) in [7, 11) is 0. The Balaban J connectivity index is 1.55. The minimum atomic E-state index is -4.70. The van der Waals surface area contributed by atoms with Crippen molar-refractivity contribution >= 4 is 35.2 Å². The molecule has 2 aromatic carbocycles. The van der Waals surface area contributed by atoms with E-state index < -0.39 is 22.9 Å². The van der Waals surface area contributed by atoms with Gasteiger partial charge < -0.3 is 9.69 Å². The molecule has 1 atom stereocenters. The highest BCUT2D eigenvalue weighted by Gasteiger charge is 2.39. The summed E-state index contributed by atoms with van der Waals surface area (Å²) < 4.78 is 41.7. The number of benzene rings is 2. The zero-order valence-electron chi connectivity index (χ0n) is 17.5. The van der Waals surface area contributed by atoms with E-state index in [1.807, 2.05) is 29.2 Å². The molecule has 0 N–H and O–H groups in total. The summed E-state index contributed by atoms with van der Waals surface area (Å²) >= 11 is 12.1. The number of alkyl halides is 3. The number of hydrogen-bond donors (Lipinski definition) is 0.